The van der Waals surface area contributed by atoms with Gasteiger partial charge in [-0.15, -0.1) is 0 Å². The summed E-state index contributed by atoms with van der Waals surface area (Å²) in [4.78, 5) is 49.0. The van der Waals surface area contributed by atoms with Crippen LogP contribution in [0.5, 0.6) is 0 Å². The van der Waals surface area contributed by atoms with Crippen LogP contribution in [0.15, 0.2) is 42.5 Å². The van der Waals surface area contributed by atoms with Crippen molar-refractivity contribution in [3.05, 3.63) is 63.9 Å². The van der Waals surface area contributed by atoms with Crippen LogP contribution in [0.4, 0.5) is 0 Å². The fourth-order valence-corrected chi connectivity index (χ4v) is 6.81. The van der Waals surface area contributed by atoms with Gasteiger partial charge in [-0.1, -0.05) is 54.7 Å². The molecule has 3 aromatic rings. The van der Waals surface area contributed by atoms with Gasteiger partial charge >= 0.3 is 23.9 Å². The number of carbonyl (C=O) groups is 4. The second kappa shape index (κ2) is 13.8. The topological polar surface area (TPSA) is 143 Å². The van der Waals surface area contributed by atoms with Crippen LogP contribution in [0.2, 0.25) is 0 Å². The number of hydrogen-bond donors (Lipinski definition) is 0. The van der Waals surface area contributed by atoms with Gasteiger partial charge in [-0.2, -0.15) is 5.26 Å². The molecule has 0 unspecified atom stereocenters. The van der Waals surface area contributed by atoms with E-state index in [0.717, 1.165) is 46.0 Å². The van der Waals surface area contributed by atoms with Gasteiger partial charge in [0, 0.05) is 39.0 Å². The molecular weight excluding hydrogens is 612 g/mol. The van der Waals surface area contributed by atoms with E-state index in [0.29, 0.717) is 12.8 Å². The lowest BCUT2D eigenvalue weighted by molar-refractivity contribution is -0.269. The van der Waals surface area contributed by atoms with Crippen LogP contribution >= 0.6 is 12.2 Å². The molecule has 0 spiro atoms. The molecule has 240 valence electrons. The molecule has 2 aliphatic rings. The lowest BCUT2D eigenvalue weighted by atomic mass is 9.84. The Morgan fingerprint density at radius 1 is 0.870 bits per heavy atom. The molecule has 1 aromatic heterocycles. The molecule has 0 radical (unpaired) electrons. The molecule has 0 N–H and O–H groups in total. The highest BCUT2D eigenvalue weighted by Gasteiger charge is 2.53. The minimum atomic E-state index is -1.37. The molecule has 46 heavy (non-hydrogen) atoms. The third-order valence-electron chi connectivity index (χ3n) is 8.11. The molecule has 1 fully saturated rings. The zero-order chi connectivity index (χ0) is 33.1. The second-order valence-electron chi connectivity index (χ2n) is 11.3. The zero-order valence-electron chi connectivity index (χ0n) is 25.9. The monoisotopic (exact) mass is 646 g/mol. The first-order chi connectivity index (χ1) is 22.0. The van der Waals surface area contributed by atoms with Crippen molar-refractivity contribution in [2.45, 2.75) is 84.0 Å². The van der Waals surface area contributed by atoms with Crippen LogP contribution in [0.3, 0.4) is 0 Å². The Hall–Kier alpha value is -4.60. The molecule has 1 aliphatic carbocycles. The second-order valence-corrected chi connectivity index (χ2v) is 11.7. The van der Waals surface area contributed by atoms with Crippen molar-refractivity contribution in [3.63, 3.8) is 0 Å². The smallest absolute Gasteiger partial charge is 0.303 e. The highest BCUT2D eigenvalue weighted by molar-refractivity contribution is 7.71. The van der Waals surface area contributed by atoms with E-state index in [1.54, 1.807) is 4.57 Å². The van der Waals surface area contributed by atoms with Gasteiger partial charge in [0.15, 0.2) is 24.5 Å². The average molecular weight is 647 g/mol. The average Bonchev–Trinajstić information content (AvgIpc) is 3.01. The molecular formula is C34H34N2O9S. The van der Waals surface area contributed by atoms with Gasteiger partial charge < -0.3 is 28.3 Å². The van der Waals surface area contributed by atoms with E-state index in [-0.39, 0.29) is 16.8 Å². The van der Waals surface area contributed by atoms with Crippen molar-refractivity contribution in [3.8, 4) is 17.2 Å². The lowest BCUT2D eigenvalue weighted by Gasteiger charge is -2.46. The Balaban J connectivity index is 1.78. The number of nitriles is 1. The van der Waals surface area contributed by atoms with Crippen molar-refractivity contribution in [1.82, 2.24) is 4.57 Å². The van der Waals surface area contributed by atoms with Gasteiger partial charge in [-0.3, -0.25) is 19.2 Å². The Morgan fingerprint density at radius 3 is 2.17 bits per heavy atom. The summed E-state index contributed by atoms with van der Waals surface area (Å²) in [5.74, 6) is -2.79. The summed E-state index contributed by atoms with van der Waals surface area (Å²) in [5, 5.41) is 12.6. The summed E-state index contributed by atoms with van der Waals surface area (Å²) < 4.78 is 30.5. The maximum atomic E-state index is 12.5. The first kappa shape index (κ1) is 32.8. The van der Waals surface area contributed by atoms with Crippen LogP contribution in [0.1, 0.15) is 63.6 Å². The summed E-state index contributed by atoms with van der Waals surface area (Å²) in [6.45, 7) is 4.36. The minimum Gasteiger partial charge on any atom is -0.463 e. The summed E-state index contributed by atoms with van der Waals surface area (Å²) in [7, 11) is 0. The quantitative estimate of drug-likeness (QED) is 0.193. The van der Waals surface area contributed by atoms with E-state index in [1.807, 2.05) is 42.5 Å². The SMILES string of the molecule is CC(=O)OC[C@H]1O[C@@H](n2c3c(c(-c4cccc5ccccc45)c(C#N)c2=S)CCCC3)[C@H](OC(C)=O)[C@@H](OC(C)=O)[C@H]1OC(C)=O. The number of rotatable bonds is 7. The van der Waals surface area contributed by atoms with Crippen molar-refractivity contribution in [2.24, 2.45) is 0 Å². The van der Waals surface area contributed by atoms with E-state index in [9.17, 15) is 24.4 Å². The first-order valence-corrected chi connectivity index (χ1v) is 15.4. The fourth-order valence-electron chi connectivity index (χ4n) is 6.45. The van der Waals surface area contributed by atoms with Crippen molar-refractivity contribution >= 4 is 46.9 Å². The molecule has 0 amide bonds. The van der Waals surface area contributed by atoms with E-state index in [2.05, 4.69) is 6.07 Å². The Bertz CT molecular complexity index is 1810. The van der Waals surface area contributed by atoms with Crippen LogP contribution in [0.25, 0.3) is 21.9 Å². The van der Waals surface area contributed by atoms with Gasteiger partial charge in [-0.25, -0.2) is 0 Å². The maximum absolute atomic E-state index is 12.5. The lowest BCUT2D eigenvalue weighted by Crippen LogP contribution is -2.61. The van der Waals surface area contributed by atoms with E-state index in [4.69, 9.17) is 35.9 Å². The summed E-state index contributed by atoms with van der Waals surface area (Å²) in [6, 6.07) is 16.2. The largest absolute Gasteiger partial charge is 0.463 e. The predicted molar refractivity (Wildman–Crippen MR) is 167 cm³/mol. The molecule has 0 saturated carbocycles. The minimum absolute atomic E-state index is 0.131. The predicted octanol–water partition coefficient (Wildman–Crippen LogP) is 5.04. The Labute approximate surface area is 270 Å². The van der Waals surface area contributed by atoms with Crippen molar-refractivity contribution in [2.75, 3.05) is 6.61 Å². The zero-order valence-corrected chi connectivity index (χ0v) is 26.8. The number of ether oxygens (including phenoxy) is 5. The number of hydrogen-bond acceptors (Lipinski definition) is 11. The van der Waals surface area contributed by atoms with Crippen LogP contribution in [-0.4, -0.2) is 59.5 Å². The van der Waals surface area contributed by atoms with E-state index in [1.165, 1.54) is 27.7 Å². The van der Waals surface area contributed by atoms with E-state index >= 15 is 0 Å². The van der Waals surface area contributed by atoms with Crippen molar-refractivity contribution in [1.29, 1.82) is 5.26 Å². The first-order valence-electron chi connectivity index (χ1n) is 15.0. The number of benzene rings is 2. The molecule has 12 heteroatoms. The maximum Gasteiger partial charge on any atom is 0.303 e. The van der Waals surface area contributed by atoms with Crippen LogP contribution in [0, 0.1) is 16.0 Å². The van der Waals surface area contributed by atoms with E-state index < -0.39 is 54.5 Å². The normalized spacial score (nSPS) is 22.2. The highest BCUT2D eigenvalue weighted by Crippen LogP contribution is 2.42. The fraction of sp³-hybridized carbons (Fsp3) is 0.412. The van der Waals surface area contributed by atoms with Crippen LogP contribution in [-0.2, 0) is 55.7 Å². The number of esters is 4. The Morgan fingerprint density at radius 2 is 1.50 bits per heavy atom. The molecule has 2 heterocycles. The van der Waals surface area contributed by atoms with Gasteiger partial charge in [0.25, 0.3) is 0 Å². The Kier molecular flexibility index (Phi) is 9.84. The highest BCUT2D eigenvalue weighted by atomic mass is 32.1. The molecule has 5 rings (SSSR count). The number of carbonyl (C=O) groups excluding carboxylic acids is 4. The molecule has 2 aromatic carbocycles. The number of pyridine rings is 1. The van der Waals surface area contributed by atoms with Gasteiger partial charge in [-0.05, 0) is 47.6 Å². The van der Waals surface area contributed by atoms with Crippen molar-refractivity contribution < 1.29 is 42.9 Å². The summed E-state index contributed by atoms with van der Waals surface area (Å²) in [5.41, 5.74) is 3.52. The summed E-state index contributed by atoms with van der Waals surface area (Å²) in [6.07, 6.45) is -3.54. The number of fused-ring (bicyclic) bond motifs is 2. The molecule has 11 nitrogen and oxygen atoms in total. The summed E-state index contributed by atoms with van der Waals surface area (Å²) >= 11 is 6.05. The third kappa shape index (κ3) is 6.52. The molecule has 1 saturated heterocycles. The molecule has 0 bridgehead atoms. The van der Waals surface area contributed by atoms with Gasteiger partial charge in [0.1, 0.15) is 23.4 Å². The third-order valence-corrected chi connectivity index (χ3v) is 8.51. The molecule has 1 aliphatic heterocycles. The number of nitrogens with zero attached hydrogens (tertiary/aromatic N) is 2. The van der Waals surface area contributed by atoms with Gasteiger partial charge in [0.2, 0.25) is 0 Å². The van der Waals surface area contributed by atoms with Crippen LogP contribution < -0.4 is 0 Å². The van der Waals surface area contributed by atoms with Gasteiger partial charge in [0.05, 0.1) is 5.56 Å². The number of aromatic nitrogens is 1. The molecule has 5 atom stereocenters. The standard InChI is InChI=1S/C34H34N2O9S/c1-18(37)41-17-28-30(42-19(2)38)31(43-20(3)39)32(44-21(4)40)33(45-28)36-27-15-8-7-13-25(27)29(26(16-35)34(36)46)24-14-9-11-22-10-5-6-12-23(22)24/h5-6,9-12,14,28,30-33H,7-8,13,15,17H2,1-4H3/t28-,30+,31+,32-,33-/m1/s1.